The lowest BCUT2D eigenvalue weighted by Gasteiger charge is -2.30. The Labute approximate surface area is 107 Å². The van der Waals surface area contributed by atoms with Crippen molar-refractivity contribution in [3.05, 3.63) is 28.2 Å². The second-order valence-electron chi connectivity index (χ2n) is 4.35. The summed E-state index contributed by atoms with van der Waals surface area (Å²) in [5.74, 6) is 0. The molecule has 0 aromatic heterocycles. The van der Waals surface area contributed by atoms with Crippen LogP contribution in [0.5, 0.6) is 0 Å². The molecule has 0 spiro atoms. The Kier molecular flexibility index (Phi) is 3.95. The summed E-state index contributed by atoms with van der Waals surface area (Å²) in [7, 11) is 2.16. The van der Waals surface area contributed by atoms with E-state index < -0.39 is 0 Å². The zero-order chi connectivity index (χ0) is 11.5. The van der Waals surface area contributed by atoms with Crippen molar-refractivity contribution in [1.82, 2.24) is 4.90 Å². The van der Waals surface area contributed by atoms with Crippen LogP contribution in [-0.4, -0.2) is 31.1 Å². The van der Waals surface area contributed by atoms with Crippen molar-refractivity contribution in [3.8, 4) is 0 Å². The molecule has 1 heterocycles. The van der Waals surface area contributed by atoms with Gasteiger partial charge in [0, 0.05) is 11.1 Å². The number of anilines is 1. The van der Waals surface area contributed by atoms with Crippen molar-refractivity contribution in [3.63, 3.8) is 0 Å². The van der Waals surface area contributed by atoms with Crippen LogP contribution in [0.1, 0.15) is 12.8 Å². The molecule has 0 atom stereocenters. The molecule has 1 aliphatic rings. The van der Waals surface area contributed by atoms with Crippen LogP contribution in [0.2, 0.25) is 10.0 Å². The molecule has 16 heavy (non-hydrogen) atoms. The van der Waals surface area contributed by atoms with Gasteiger partial charge in [-0.3, -0.25) is 0 Å². The first-order valence-corrected chi connectivity index (χ1v) is 6.31. The van der Waals surface area contributed by atoms with Gasteiger partial charge in [0.25, 0.3) is 0 Å². The van der Waals surface area contributed by atoms with Gasteiger partial charge in [0.2, 0.25) is 0 Å². The molecule has 4 heteroatoms. The van der Waals surface area contributed by atoms with Crippen molar-refractivity contribution in [2.45, 2.75) is 18.9 Å². The highest BCUT2D eigenvalue weighted by molar-refractivity contribution is 6.35. The summed E-state index contributed by atoms with van der Waals surface area (Å²) in [6.45, 7) is 2.27. The second-order valence-corrected chi connectivity index (χ2v) is 5.19. The molecule has 0 bridgehead atoms. The van der Waals surface area contributed by atoms with Crippen LogP contribution < -0.4 is 5.32 Å². The molecule has 1 aromatic carbocycles. The van der Waals surface area contributed by atoms with Crippen LogP contribution >= 0.6 is 23.2 Å². The van der Waals surface area contributed by atoms with Gasteiger partial charge < -0.3 is 10.2 Å². The highest BCUT2D eigenvalue weighted by atomic mass is 35.5. The fourth-order valence-corrected chi connectivity index (χ4v) is 2.33. The van der Waals surface area contributed by atoms with Gasteiger partial charge in [0.05, 0.1) is 10.7 Å². The topological polar surface area (TPSA) is 15.3 Å². The number of nitrogens with zero attached hydrogens (tertiary/aromatic N) is 1. The first-order valence-electron chi connectivity index (χ1n) is 5.55. The number of likely N-dealkylation sites (tertiary alicyclic amines) is 1. The highest BCUT2D eigenvalue weighted by Crippen LogP contribution is 2.27. The number of halogens is 2. The molecular formula is C12H16Cl2N2. The van der Waals surface area contributed by atoms with Crippen LogP contribution in [0, 0.1) is 0 Å². The smallest absolute Gasteiger partial charge is 0.0638 e. The van der Waals surface area contributed by atoms with Crippen molar-refractivity contribution >= 4 is 28.9 Å². The number of hydrogen-bond donors (Lipinski definition) is 1. The molecule has 2 rings (SSSR count). The minimum atomic E-state index is 0.507. The summed E-state index contributed by atoms with van der Waals surface area (Å²) < 4.78 is 0. The molecule has 1 saturated heterocycles. The largest absolute Gasteiger partial charge is 0.381 e. The molecular weight excluding hydrogens is 243 g/mol. The molecule has 1 N–H and O–H groups in total. The van der Waals surface area contributed by atoms with Gasteiger partial charge in [-0.2, -0.15) is 0 Å². The quantitative estimate of drug-likeness (QED) is 0.874. The number of hydrogen-bond acceptors (Lipinski definition) is 2. The van der Waals surface area contributed by atoms with Crippen molar-refractivity contribution < 1.29 is 0 Å². The van der Waals surface area contributed by atoms with Crippen LogP contribution in [0.25, 0.3) is 0 Å². The predicted molar refractivity (Wildman–Crippen MR) is 70.6 cm³/mol. The summed E-state index contributed by atoms with van der Waals surface area (Å²) in [5.41, 5.74) is 0.948. The van der Waals surface area contributed by atoms with E-state index in [0.29, 0.717) is 6.04 Å². The van der Waals surface area contributed by atoms with Crippen LogP contribution in [0.3, 0.4) is 0 Å². The SMILES string of the molecule is CN1CCC(Nc2cc(Cl)ccc2Cl)CC1. The van der Waals surface area contributed by atoms with E-state index in [1.165, 1.54) is 0 Å². The van der Waals surface area contributed by atoms with Crippen LogP contribution in [-0.2, 0) is 0 Å². The zero-order valence-electron chi connectivity index (χ0n) is 9.34. The average molecular weight is 259 g/mol. The monoisotopic (exact) mass is 258 g/mol. The van der Waals surface area contributed by atoms with Crippen molar-refractivity contribution in [2.75, 3.05) is 25.5 Å². The summed E-state index contributed by atoms with van der Waals surface area (Å²) in [5, 5.41) is 4.93. The minimum absolute atomic E-state index is 0.507. The number of rotatable bonds is 2. The van der Waals surface area contributed by atoms with Crippen molar-refractivity contribution in [2.24, 2.45) is 0 Å². The third kappa shape index (κ3) is 3.03. The van der Waals surface area contributed by atoms with Gasteiger partial charge >= 0.3 is 0 Å². The molecule has 88 valence electrons. The van der Waals surface area contributed by atoms with E-state index in [0.717, 1.165) is 41.7 Å². The lowest BCUT2D eigenvalue weighted by Crippen LogP contribution is -2.36. The maximum Gasteiger partial charge on any atom is 0.0638 e. The molecule has 0 saturated carbocycles. The normalized spacial score (nSPS) is 18.7. The predicted octanol–water partition coefficient (Wildman–Crippen LogP) is 3.50. The van der Waals surface area contributed by atoms with E-state index in [2.05, 4.69) is 17.3 Å². The Balaban J connectivity index is 2.00. The maximum atomic E-state index is 6.11. The summed E-state index contributed by atoms with van der Waals surface area (Å²) >= 11 is 12.1. The Bertz CT molecular complexity index is 360. The first kappa shape index (κ1) is 12.0. The maximum absolute atomic E-state index is 6.11. The summed E-state index contributed by atoms with van der Waals surface area (Å²) in [6, 6.07) is 6.04. The summed E-state index contributed by atoms with van der Waals surface area (Å²) in [6.07, 6.45) is 2.30. The van der Waals surface area contributed by atoms with E-state index in [1.54, 1.807) is 0 Å². The lowest BCUT2D eigenvalue weighted by molar-refractivity contribution is 0.264. The number of piperidine rings is 1. The lowest BCUT2D eigenvalue weighted by atomic mass is 10.1. The van der Waals surface area contributed by atoms with Gasteiger partial charge in [-0.15, -0.1) is 0 Å². The molecule has 0 unspecified atom stereocenters. The van der Waals surface area contributed by atoms with Gasteiger partial charge in [0.1, 0.15) is 0 Å². The van der Waals surface area contributed by atoms with Gasteiger partial charge in [-0.25, -0.2) is 0 Å². The summed E-state index contributed by atoms with van der Waals surface area (Å²) in [4.78, 5) is 2.34. The molecule has 0 amide bonds. The van der Waals surface area contributed by atoms with E-state index in [4.69, 9.17) is 23.2 Å². The molecule has 0 aliphatic carbocycles. The van der Waals surface area contributed by atoms with Gasteiger partial charge in [-0.05, 0) is 51.2 Å². The number of benzene rings is 1. The van der Waals surface area contributed by atoms with Crippen LogP contribution in [0.15, 0.2) is 18.2 Å². The average Bonchev–Trinajstić information content (AvgIpc) is 2.27. The fourth-order valence-electron chi connectivity index (χ4n) is 1.98. The Morgan fingerprint density at radius 3 is 2.62 bits per heavy atom. The molecule has 2 nitrogen and oxygen atoms in total. The molecule has 1 fully saturated rings. The molecule has 1 aromatic rings. The van der Waals surface area contributed by atoms with Crippen molar-refractivity contribution in [1.29, 1.82) is 0 Å². The fraction of sp³-hybridized carbons (Fsp3) is 0.500. The van der Waals surface area contributed by atoms with E-state index in [9.17, 15) is 0 Å². The van der Waals surface area contributed by atoms with Crippen LogP contribution in [0.4, 0.5) is 5.69 Å². The molecule has 0 radical (unpaired) electrons. The van der Waals surface area contributed by atoms with Gasteiger partial charge in [-0.1, -0.05) is 23.2 Å². The van der Waals surface area contributed by atoms with E-state index in [1.807, 2.05) is 18.2 Å². The Morgan fingerprint density at radius 2 is 1.94 bits per heavy atom. The third-order valence-corrected chi connectivity index (χ3v) is 3.57. The highest BCUT2D eigenvalue weighted by Gasteiger charge is 2.17. The van der Waals surface area contributed by atoms with Gasteiger partial charge in [0.15, 0.2) is 0 Å². The number of nitrogens with one attached hydrogen (secondary N) is 1. The Hall–Kier alpha value is -0.440. The zero-order valence-corrected chi connectivity index (χ0v) is 10.9. The standard InChI is InChI=1S/C12H16Cl2N2/c1-16-6-4-10(5-7-16)15-12-8-9(13)2-3-11(12)14/h2-3,8,10,15H,4-7H2,1H3. The first-order chi connectivity index (χ1) is 7.65. The van der Waals surface area contributed by atoms with E-state index >= 15 is 0 Å². The Morgan fingerprint density at radius 1 is 1.25 bits per heavy atom. The second kappa shape index (κ2) is 5.26. The van der Waals surface area contributed by atoms with E-state index in [-0.39, 0.29) is 0 Å². The third-order valence-electron chi connectivity index (χ3n) is 3.01. The molecule has 1 aliphatic heterocycles. The minimum Gasteiger partial charge on any atom is -0.381 e.